The van der Waals surface area contributed by atoms with Crippen molar-refractivity contribution in [3.8, 4) is 32.3 Å². The summed E-state index contributed by atoms with van der Waals surface area (Å²) in [4.78, 5) is 11.5. The summed E-state index contributed by atoms with van der Waals surface area (Å²) >= 11 is 3.53. The fraction of sp³-hybridized carbons (Fsp3) is 0. The minimum atomic E-state index is 0.845. The molecule has 0 atom stereocenters. The van der Waals surface area contributed by atoms with Gasteiger partial charge in [-0.1, -0.05) is 36.9 Å². The third kappa shape index (κ3) is 4.52. The van der Waals surface area contributed by atoms with Crippen molar-refractivity contribution in [2.45, 2.75) is 0 Å². The van der Waals surface area contributed by atoms with Crippen LogP contribution < -0.4 is 0 Å². The highest BCUT2D eigenvalue weighted by atomic mass is 32.1. The number of hydrogen-bond acceptors (Lipinski definition) is 4. The second kappa shape index (κ2) is 9.27. The maximum absolute atomic E-state index is 4.51. The quantitative estimate of drug-likeness (QED) is 0.260. The molecule has 5 rings (SSSR count). The van der Waals surface area contributed by atoms with Crippen LogP contribution in [0.15, 0.2) is 96.5 Å². The number of hydrogen-bond donors (Lipinski definition) is 0. The lowest BCUT2D eigenvalue weighted by molar-refractivity contribution is 1.24. The number of pyridine rings is 2. The smallest absolute Gasteiger partial charge is 0.0892 e. The van der Waals surface area contributed by atoms with Crippen molar-refractivity contribution in [1.29, 1.82) is 0 Å². The highest BCUT2D eigenvalue weighted by Crippen LogP contribution is 2.33. The van der Waals surface area contributed by atoms with Gasteiger partial charge in [0.2, 0.25) is 0 Å². The highest BCUT2D eigenvalue weighted by Gasteiger charge is 2.07. The van der Waals surface area contributed by atoms with Gasteiger partial charge in [-0.3, -0.25) is 9.97 Å². The molecule has 2 nitrogen and oxygen atoms in total. The average Bonchev–Trinajstić information content (AvgIpc) is 3.58. The molecular formula is C28H20N2S2. The van der Waals surface area contributed by atoms with Gasteiger partial charge in [-0.2, -0.15) is 0 Å². The molecular weight excluding hydrogens is 428 g/mol. The molecule has 4 heteroatoms. The number of aromatic nitrogens is 2. The van der Waals surface area contributed by atoms with E-state index >= 15 is 0 Å². The van der Waals surface area contributed by atoms with Crippen LogP contribution in [0.2, 0.25) is 0 Å². The van der Waals surface area contributed by atoms with Gasteiger partial charge in [0.1, 0.15) is 0 Å². The van der Waals surface area contributed by atoms with E-state index in [2.05, 4.69) is 88.0 Å². The lowest BCUT2D eigenvalue weighted by atomic mass is 10.0. The Kier molecular flexibility index (Phi) is 5.88. The molecule has 32 heavy (non-hydrogen) atoms. The zero-order valence-electron chi connectivity index (χ0n) is 17.3. The first kappa shape index (κ1) is 20.3. The van der Waals surface area contributed by atoms with Crippen LogP contribution in [0.1, 0.15) is 16.7 Å². The molecule has 0 spiro atoms. The molecule has 0 unspecified atom stereocenters. The Balaban J connectivity index is 1.50. The third-order valence-electron chi connectivity index (χ3n) is 5.10. The highest BCUT2D eigenvalue weighted by molar-refractivity contribution is 7.14. The normalized spacial score (nSPS) is 11.1. The van der Waals surface area contributed by atoms with Gasteiger partial charge in [0.15, 0.2) is 0 Å². The molecule has 0 N–H and O–H groups in total. The van der Waals surface area contributed by atoms with Crippen LogP contribution in [-0.2, 0) is 0 Å². The van der Waals surface area contributed by atoms with Crippen molar-refractivity contribution in [2.75, 3.05) is 0 Å². The van der Waals surface area contributed by atoms with E-state index in [0.29, 0.717) is 0 Å². The zero-order chi connectivity index (χ0) is 21.8. The third-order valence-corrected chi connectivity index (χ3v) is 6.94. The van der Waals surface area contributed by atoms with Crippen LogP contribution in [0.5, 0.6) is 0 Å². The van der Waals surface area contributed by atoms with E-state index in [4.69, 9.17) is 0 Å². The van der Waals surface area contributed by atoms with E-state index in [1.165, 1.54) is 26.4 Å². The Morgan fingerprint density at radius 2 is 1.19 bits per heavy atom. The summed E-state index contributed by atoms with van der Waals surface area (Å²) in [7, 11) is 0. The van der Waals surface area contributed by atoms with Crippen molar-refractivity contribution >= 4 is 40.9 Å². The van der Waals surface area contributed by atoms with Crippen molar-refractivity contribution in [3.05, 3.63) is 113 Å². The summed E-state index contributed by atoms with van der Waals surface area (Å²) in [6.45, 7) is 3.84. The second-order valence-electron chi connectivity index (χ2n) is 7.28. The van der Waals surface area contributed by atoms with Crippen LogP contribution >= 0.6 is 22.7 Å². The van der Waals surface area contributed by atoms with E-state index in [-0.39, 0.29) is 0 Å². The van der Waals surface area contributed by atoms with Gasteiger partial charge in [0.25, 0.3) is 0 Å². The number of benzene rings is 1. The summed E-state index contributed by atoms with van der Waals surface area (Å²) in [5, 5.41) is 4.24. The van der Waals surface area contributed by atoms with Gasteiger partial charge in [0.05, 0.1) is 11.4 Å². The number of rotatable bonds is 6. The number of thiophene rings is 2. The Bertz CT molecular complexity index is 1330. The largest absolute Gasteiger partial charge is 0.255 e. The van der Waals surface area contributed by atoms with Crippen molar-refractivity contribution in [1.82, 2.24) is 9.97 Å². The lowest BCUT2D eigenvalue weighted by Crippen LogP contribution is -1.88. The first-order chi connectivity index (χ1) is 15.8. The minimum absolute atomic E-state index is 0.845. The van der Waals surface area contributed by atoms with Gasteiger partial charge in [-0.05, 0) is 93.2 Å². The molecule has 0 saturated heterocycles. The zero-order valence-corrected chi connectivity index (χ0v) is 18.9. The summed E-state index contributed by atoms with van der Waals surface area (Å²) < 4.78 is 0. The predicted molar refractivity (Wildman–Crippen MR) is 140 cm³/mol. The van der Waals surface area contributed by atoms with E-state index in [1.54, 1.807) is 28.9 Å². The molecule has 154 valence electrons. The Morgan fingerprint density at radius 3 is 1.75 bits per heavy atom. The molecule has 1 aromatic carbocycles. The van der Waals surface area contributed by atoms with Crippen LogP contribution in [0.25, 0.3) is 50.5 Å². The van der Waals surface area contributed by atoms with E-state index in [1.807, 2.05) is 30.5 Å². The molecule has 0 amide bonds. The Labute approximate surface area is 195 Å². The van der Waals surface area contributed by atoms with Crippen molar-refractivity contribution in [3.63, 3.8) is 0 Å². The summed E-state index contributed by atoms with van der Waals surface area (Å²) in [5.74, 6) is 0. The van der Waals surface area contributed by atoms with Crippen molar-refractivity contribution in [2.24, 2.45) is 0 Å². The lowest BCUT2D eigenvalue weighted by Gasteiger charge is -2.06. The molecule has 0 aliphatic rings. The Morgan fingerprint density at radius 1 is 0.625 bits per heavy atom. The minimum Gasteiger partial charge on any atom is -0.255 e. The van der Waals surface area contributed by atoms with Gasteiger partial charge < -0.3 is 0 Å². The molecule has 4 heterocycles. The Hall–Kier alpha value is -3.60. The average molecular weight is 449 g/mol. The molecule has 0 radical (unpaired) electrons. The topological polar surface area (TPSA) is 25.8 Å². The standard InChI is InChI=1S/C28H20N2S2/c1-2-20-9-11-29-25(17-20)26-18-21(10-12-30-26)7-8-22-15-23(27-5-3-13-31-27)19-24(16-22)28-6-4-14-32-28/h2-19H,1H2/b8-7+. The van der Waals surface area contributed by atoms with E-state index in [0.717, 1.165) is 22.5 Å². The molecule has 5 aromatic rings. The monoisotopic (exact) mass is 448 g/mol. The summed E-state index contributed by atoms with van der Waals surface area (Å²) in [6.07, 6.45) is 9.74. The maximum atomic E-state index is 4.51. The van der Waals surface area contributed by atoms with Gasteiger partial charge >= 0.3 is 0 Å². The first-order valence-electron chi connectivity index (χ1n) is 10.2. The van der Waals surface area contributed by atoms with Crippen LogP contribution in [0, 0.1) is 0 Å². The van der Waals surface area contributed by atoms with Gasteiger partial charge in [-0.25, -0.2) is 0 Å². The number of nitrogens with zero attached hydrogens (tertiary/aromatic N) is 2. The fourth-order valence-corrected chi connectivity index (χ4v) is 4.94. The summed E-state index contributed by atoms with van der Waals surface area (Å²) in [5.41, 5.74) is 7.46. The summed E-state index contributed by atoms with van der Waals surface area (Å²) in [6, 6.07) is 23.3. The molecule has 4 aromatic heterocycles. The van der Waals surface area contributed by atoms with Crippen LogP contribution in [0.4, 0.5) is 0 Å². The van der Waals surface area contributed by atoms with E-state index in [9.17, 15) is 0 Å². The second-order valence-corrected chi connectivity index (χ2v) is 9.18. The fourth-order valence-electron chi connectivity index (χ4n) is 3.52. The molecule has 0 aliphatic carbocycles. The van der Waals surface area contributed by atoms with Crippen LogP contribution in [-0.4, -0.2) is 9.97 Å². The van der Waals surface area contributed by atoms with E-state index < -0.39 is 0 Å². The molecule has 0 bridgehead atoms. The first-order valence-corrected chi connectivity index (χ1v) is 12.0. The van der Waals surface area contributed by atoms with Gasteiger partial charge in [-0.15, -0.1) is 22.7 Å². The molecule has 0 aliphatic heterocycles. The molecule has 0 fully saturated rings. The van der Waals surface area contributed by atoms with Gasteiger partial charge in [0, 0.05) is 22.1 Å². The SMILES string of the molecule is C=Cc1ccnc(-c2cc(/C=C/c3cc(-c4cccs4)cc(-c4cccs4)c3)ccn2)c1. The molecule has 0 saturated carbocycles. The predicted octanol–water partition coefficient (Wildman–Crippen LogP) is 8.41. The van der Waals surface area contributed by atoms with Crippen LogP contribution in [0.3, 0.4) is 0 Å². The maximum Gasteiger partial charge on any atom is 0.0892 e. The van der Waals surface area contributed by atoms with Crippen molar-refractivity contribution < 1.29 is 0 Å².